The maximum Gasteiger partial charge on any atom is 0.215 e. The van der Waals surface area contributed by atoms with E-state index in [-0.39, 0.29) is 6.10 Å². The molecule has 0 radical (unpaired) electrons. The minimum absolute atomic E-state index is 0.230. The Kier molecular flexibility index (Phi) is 4.81. The van der Waals surface area contributed by atoms with Crippen LogP contribution in [0.25, 0.3) is 0 Å². The van der Waals surface area contributed by atoms with Crippen LogP contribution in [0, 0.1) is 0 Å². The van der Waals surface area contributed by atoms with E-state index in [9.17, 15) is 0 Å². The average molecular weight is 250 g/mol. The van der Waals surface area contributed by atoms with Crippen molar-refractivity contribution in [3.05, 3.63) is 18.2 Å². The summed E-state index contributed by atoms with van der Waals surface area (Å²) >= 11 is 0. The number of nitrogens with zero attached hydrogens (tertiary/aromatic N) is 1. The Hall–Kier alpha value is -1.29. The largest absolute Gasteiger partial charge is 0.474 e. The zero-order chi connectivity index (χ0) is 12.8. The van der Waals surface area contributed by atoms with Crippen LogP contribution in [-0.2, 0) is 4.74 Å². The maximum absolute atomic E-state index is 5.94. The zero-order valence-corrected chi connectivity index (χ0v) is 11.2. The molecule has 1 N–H and O–H groups in total. The Balaban J connectivity index is 1.93. The smallest absolute Gasteiger partial charge is 0.215 e. The lowest BCUT2D eigenvalue weighted by molar-refractivity contribution is 0.0196. The fourth-order valence-corrected chi connectivity index (χ4v) is 2.35. The normalized spacial score (nSPS) is 23.7. The van der Waals surface area contributed by atoms with Crippen LogP contribution in [-0.4, -0.2) is 30.8 Å². The summed E-state index contributed by atoms with van der Waals surface area (Å²) in [5, 5.41) is 3.19. The highest BCUT2D eigenvalue weighted by Crippen LogP contribution is 2.24. The highest BCUT2D eigenvalue weighted by molar-refractivity contribution is 5.36. The standard InChI is InChI=1S/C14H22N2O2/c1-3-15-13-8-5-9-14(16-13)18-12-7-4-6-11(10-12)17-2/h5,8-9,11-12H,3-4,6-7,10H2,1-2H3,(H,15,16). The number of ether oxygens (including phenoxy) is 2. The van der Waals surface area contributed by atoms with Crippen molar-refractivity contribution in [2.45, 2.75) is 44.8 Å². The molecule has 1 saturated carbocycles. The number of nitrogens with one attached hydrogen (secondary N) is 1. The first-order valence-corrected chi connectivity index (χ1v) is 6.72. The van der Waals surface area contributed by atoms with Gasteiger partial charge in [0.25, 0.3) is 0 Å². The van der Waals surface area contributed by atoms with E-state index in [1.807, 2.05) is 18.2 Å². The minimum Gasteiger partial charge on any atom is -0.474 e. The average Bonchev–Trinajstić information content (AvgIpc) is 2.40. The third-order valence-corrected chi connectivity index (χ3v) is 3.28. The first-order chi connectivity index (χ1) is 8.81. The van der Waals surface area contributed by atoms with Crippen LogP contribution in [0.1, 0.15) is 32.6 Å². The highest BCUT2D eigenvalue weighted by Gasteiger charge is 2.23. The Morgan fingerprint density at radius 3 is 2.94 bits per heavy atom. The third-order valence-electron chi connectivity index (χ3n) is 3.28. The number of hydrogen-bond acceptors (Lipinski definition) is 4. The first kappa shape index (κ1) is 13.1. The fourth-order valence-electron chi connectivity index (χ4n) is 2.35. The third kappa shape index (κ3) is 3.60. The molecule has 4 heteroatoms. The molecule has 2 rings (SSSR count). The van der Waals surface area contributed by atoms with E-state index in [0.29, 0.717) is 12.0 Å². The first-order valence-electron chi connectivity index (χ1n) is 6.72. The number of hydrogen-bond donors (Lipinski definition) is 1. The van der Waals surface area contributed by atoms with E-state index in [2.05, 4.69) is 17.2 Å². The second kappa shape index (κ2) is 6.59. The lowest BCUT2D eigenvalue weighted by atomic mass is 9.95. The molecular weight excluding hydrogens is 228 g/mol. The Morgan fingerprint density at radius 1 is 1.33 bits per heavy atom. The van der Waals surface area contributed by atoms with Gasteiger partial charge in [-0.15, -0.1) is 0 Å². The molecule has 1 fully saturated rings. The van der Waals surface area contributed by atoms with Crippen molar-refractivity contribution in [1.29, 1.82) is 0 Å². The summed E-state index contributed by atoms with van der Waals surface area (Å²) in [6, 6.07) is 5.84. The molecule has 1 aromatic rings. The van der Waals surface area contributed by atoms with Crippen LogP contribution in [0.3, 0.4) is 0 Å². The summed E-state index contributed by atoms with van der Waals surface area (Å²) in [5.41, 5.74) is 0. The molecular formula is C14H22N2O2. The van der Waals surface area contributed by atoms with Crippen LogP contribution in [0.5, 0.6) is 5.88 Å². The monoisotopic (exact) mass is 250 g/mol. The second-order valence-electron chi connectivity index (χ2n) is 4.66. The Labute approximate surface area is 109 Å². The molecule has 0 saturated heterocycles. The Bertz CT molecular complexity index is 371. The van der Waals surface area contributed by atoms with Gasteiger partial charge in [-0.05, 0) is 32.3 Å². The summed E-state index contributed by atoms with van der Waals surface area (Å²) in [6.07, 6.45) is 4.92. The molecule has 18 heavy (non-hydrogen) atoms. The van der Waals surface area contributed by atoms with Crippen LogP contribution >= 0.6 is 0 Å². The van der Waals surface area contributed by atoms with Crippen molar-refractivity contribution >= 4 is 5.82 Å². The number of anilines is 1. The van der Waals surface area contributed by atoms with E-state index >= 15 is 0 Å². The SMILES string of the molecule is CCNc1cccc(OC2CCCC(OC)C2)n1. The highest BCUT2D eigenvalue weighted by atomic mass is 16.5. The molecule has 0 spiro atoms. The predicted molar refractivity (Wildman–Crippen MR) is 72.1 cm³/mol. The summed E-state index contributed by atoms with van der Waals surface area (Å²) in [5.74, 6) is 1.57. The van der Waals surface area contributed by atoms with Crippen molar-refractivity contribution in [1.82, 2.24) is 4.98 Å². The van der Waals surface area contributed by atoms with E-state index in [4.69, 9.17) is 9.47 Å². The van der Waals surface area contributed by atoms with Crippen LogP contribution in [0.4, 0.5) is 5.82 Å². The topological polar surface area (TPSA) is 43.4 Å². The lowest BCUT2D eigenvalue weighted by Crippen LogP contribution is -2.29. The molecule has 1 aliphatic rings. The van der Waals surface area contributed by atoms with Crippen LogP contribution in [0.2, 0.25) is 0 Å². The van der Waals surface area contributed by atoms with Gasteiger partial charge in [0.05, 0.1) is 6.10 Å². The summed E-state index contributed by atoms with van der Waals surface area (Å²) in [7, 11) is 1.77. The summed E-state index contributed by atoms with van der Waals surface area (Å²) in [4.78, 5) is 4.43. The van der Waals surface area contributed by atoms with E-state index in [1.165, 1.54) is 0 Å². The van der Waals surface area contributed by atoms with E-state index in [1.54, 1.807) is 7.11 Å². The zero-order valence-electron chi connectivity index (χ0n) is 11.2. The second-order valence-corrected chi connectivity index (χ2v) is 4.66. The molecule has 0 amide bonds. The van der Waals surface area contributed by atoms with Gasteiger partial charge in [-0.1, -0.05) is 6.07 Å². The van der Waals surface area contributed by atoms with Crippen molar-refractivity contribution < 1.29 is 9.47 Å². The molecule has 1 aromatic heterocycles. The van der Waals surface area contributed by atoms with Crippen molar-refractivity contribution in [2.75, 3.05) is 19.0 Å². The number of methoxy groups -OCH3 is 1. The van der Waals surface area contributed by atoms with Gasteiger partial charge in [-0.2, -0.15) is 4.98 Å². The molecule has 2 unspecified atom stereocenters. The summed E-state index contributed by atoms with van der Waals surface area (Å²) < 4.78 is 11.4. The molecule has 0 aromatic carbocycles. The van der Waals surface area contributed by atoms with Gasteiger partial charge in [0.2, 0.25) is 5.88 Å². The van der Waals surface area contributed by atoms with Crippen LogP contribution in [0.15, 0.2) is 18.2 Å². The quantitative estimate of drug-likeness (QED) is 0.872. The minimum atomic E-state index is 0.230. The van der Waals surface area contributed by atoms with Crippen molar-refractivity contribution in [3.8, 4) is 5.88 Å². The van der Waals surface area contributed by atoms with Crippen LogP contribution < -0.4 is 10.1 Å². The van der Waals surface area contributed by atoms with Gasteiger partial charge >= 0.3 is 0 Å². The number of pyridine rings is 1. The molecule has 0 aliphatic heterocycles. The van der Waals surface area contributed by atoms with Gasteiger partial charge in [-0.25, -0.2) is 0 Å². The van der Waals surface area contributed by atoms with Crippen molar-refractivity contribution in [2.24, 2.45) is 0 Å². The molecule has 2 atom stereocenters. The van der Waals surface area contributed by atoms with Gasteiger partial charge in [0, 0.05) is 26.1 Å². The molecule has 4 nitrogen and oxygen atoms in total. The van der Waals surface area contributed by atoms with E-state index in [0.717, 1.165) is 38.0 Å². The molecule has 100 valence electrons. The molecule has 1 aliphatic carbocycles. The lowest BCUT2D eigenvalue weighted by Gasteiger charge is -2.28. The van der Waals surface area contributed by atoms with Gasteiger partial charge in [-0.3, -0.25) is 0 Å². The molecule has 0 bridgehead atoms. The van der Waals surface area contributed by atoms with Gasteiger partial charge in [0.1, 0.15) is 11.9 Å². The number of aromatic nitrogens is 1. The number of rotatable bonds is 5. The summed E-state index contributed by atoms with van der Waals surface area (Å²) in [6.45, 7) is 2.92. The Morgan fingerprint density at radius 2 is 2.17 bits per heavy atom. The maximum atomic E-state index is 5.94. The van der Waals surface area contributed by atoms with Gasteiger partial charge < -0.3 is 14.8 Å². The van der Waals surface area contributed by atoms with Crippen molar-refractivity contribution in [3.63, 3.8) is 0 Å². The molecule has 1 heterocycles. The van der Waals surface area contributed by atoms with Gasteiger partial charge in [0.15, 0.2) is 0 Å². The van der Waals surface area contributed by atoms with E-state index < -0.39 is 0 Å². The fraction of sp³-hybridized carbons (Fsp3) is 0.643. The predicted octanol–water partition coefficient (Wildman–Crippen LogP) is 2.85.